The van der Waals surface area contributed by atoms with E-state index in [0.717, 1.165) is 0 Å². The fraction of sp³-hybridized carbons (Fsp3) is 1.00. The van der Waals surface area contributed by atoms with Gasteiger partial charge in [-0.15, -0.1) is 0 Å². The van der Waals surface area contributed by atoms with E-state index in [0.29, 0.717) is 13.2 Å². The molecule has 0 aromatic carbocycles. The summed E-state index contributed by atoms with van der Waals surface area (Å²) in [6.45, 7) is 3.59. The lowest BCUT2D eigenvalue weighted by Crippen LogP contribution is -2.36. The Morgan fingerprint density at radius 3 is 2.45 bits per heavy atom. The van der Waals surface area contributed by atoms with Crippen LogP contribution < -0.4 is 5.32 Å². The summed E-state index contributed by atoms with van der Waals surface area (Å²) in [6.07, 6.45) is 0. The van der Waals surface area contributed by atoms with E-state index in [1.807, 2.05) is 0 Å². The molecule has 0 aromatic heterocycles. The molecule has 0 aliphatic carbocycles. The molecule has 0 heterocycles. The van der Waals surface area contributed by atoms with Crippen LogP contribution in [-0.2, 0) is 4.74 Å². The minimum absolute atomic E-state index is 0.302. The fourth-order valence-corrected chi connectivity index (χ4v) is 0.610. The lowest BCUT2D eigenvalue weighted by Gasteiger charge is -2.15. The molecule has 0 rings (SSSR count). The summed E-state index contributed by atoms with van der Waals surface area (Å²) in [5.41, 5.74) is 0. The first-order valence-electron chi connectivity index (χ1n) is 3.78. The van der Waals surface area contributed by atoms with E-state index in [9.17, 15) is 8.78 Å². The van der Waals surface area contributed by atoms with Gasteiger partial charge in [-0.1, -0.05) is 6.92 Å². The van der Waals surface area contributed by atoms with Gasteiger partial charge >= 0.3 is 0 Å². The normalized spacial score (nSPS) is 12.0. The Bertz CT molecular complexity index is 88.4. The molecule has 0 bridgehead atoms. The van der Waals surface area contributed by atoms with Crippen LogP contribution in [0.2, 0.25) is 0 Å². The van der Waals surface area contributed by atoms with Gasteiger partial charge < -0.3 is 10.1 Å². The molecule has 0 amide bonds. The number of ether oxygens (including phenoxy) is 1. The number of alkyl halides is 2. The first kappa shape index (κ1) is 10.8. The SMILES string of the molecule is CCNCC(F)(F)COCC. The molecule has 0 aromatic rings. The Morgan fingerprint density at radius 2 is 2.00 bits per heavy atom. The molecule has 0 saturated carbocycles. The molecule has 1 N–H and O–H groups in total. The fourth-order valence-electron chi connectivity index (χ4n) is 0.610. The number of rotatable bonds is 6. The third kappa shape index (κ3) is 6.19. The highest BCUT2D eigenvalue weighted by atomic mass is 19.3. The average molecular weight is 167 g/mol. The molecule has 0 radical (unpaired) electrons. The minimum atomic E-state index is -2.73. The molecular formula is C7H15F2NO. The van der Waals surface area contributed by atoms with E-state index in [2.05, 4.69) is 10.1 Å². The van der Waals surface area contributed by atoms with Crippen LogP contribution >= 0.6 is 0 Å². The maximum Gasteiger partial charge on any atom is 0.283 e. The van der Waals surface area contributed by atoms with Crippen molar-refractivity contribution >= 4 is 0 Å². The van der Waals surface area contributed by atoms with Crippen molar-refractivity contribution < 1.29 is 13.5 Å². The van der Waals surface area contributed by atoms with Crippen molar-refractivity contribution in [2.75, 3.05) is 26.3 Å². The Hall–Kier alpha value is -0.220. The van der Waals surface area contributed by atoms with E-state index >= 15 is 0 Å². The van der Waals surface area contributed by atoms with Crippen molar-refractivity contribution in [1.82, 2.24) is 5.32 Å². The molecule has 0 aliphatic rings. The lowest BCUT2D eigenvalue weighted by molar-refractivity contribution is -0.0718. The van der Waals surface area contributed by atoms with E-state index in [1.165, 1.54) is 0 Å². The highest BCUT2D eigenvalue weighted by Crippen LogP contribution is 2.11. The number of nitrogens with one attached hydrogen (secondary N) is 1. The van der Waals surface area contributed by atoms with E-state index in [4.69, 9.17) is 0 Å². The molecule has 0 atom stereocenters. The largest absolute Gasteiger partial charge is 0.375 e. The summed E-state index contributed by atoms with van der Waals surface area (Å²) in [7, 11) is 0. The van der Waals surface area contributed by atoms with Crippen molar-refractivity contribution in [3.63, 3.8) is 0 Å². The zero-order valence-electron chi connectivity index (χ0n) is 6.99. The van der Waals surface area contributed by atoms with Gasteiger partial charge in [-0.3, -0.25) is 0 Å². The van der Waals surface area contributed by atoms with E-state index in [1.54, 1.807) is 13.8 Å². The van der Waals surface area contributed by atoms with Crippen LogP contribution in [0.25, 0.3) is 0 Å². The summed E-state index contributed by atoms with van der Waals surface area (Å²) >= 11 is 0. The number of hydrogen-bond acceptors (Lipinski definition) is 2. The van der Waals surface area contributed by atoms with Gasteiger partial charge in [0.25, 0.3) is 5.92 Å². The first-order valence-corrected chi connectivity index (χ1v) is 3.78. The van der Waals surface area contributed by atoms with Crippen LogP contribution in [-0.4, -0.2) is 32.2 Å². The van der Waals surface area contributed by atoms with Crippen LogP contribution in [0.3, 0.4) is 0 Å². The van der Waals surface area contributed by atoms with Gasteiger partial charge in [0.2, 0.25) is 0 Å². The molecule has 2 nitrogen and oxygen atoms in total. The third-order valence-corrected chi connectivity index (χ3v) is 1.15. The van der Waals surface area contributed by atoms with Crippen molar-refractivity contribution in [2.45, 2.75) is 19.8 Å². The quantitative estimate of drug-likeness (QED) is 0.643. The highest BCUT2D eigenvalue weighted by molar-refractivity contribution is 4.67. The predicted octanol–water partition coefficient (Wildman–Crippen LogP) is 1.27. The van der Waals surface area contributed by atoms with Gasteiger partial charge in [-0.2, -0.15) is 0 Å². The topological polar surface area (TPSA) is 21.3 Å². The van der Waals surface area contributed by atoms with E-state index < -0.39 is 12.5 Å². The molecule has 0 fully saturated rings. The molecule has 68 valence electrons. The van der Waals surface area contributed by atoms with Crippen molar-refractivity contribution in [1.29, 1.82) is 0 Å². The summed E-state index contributed by atoms with van der Waals surface area (Å²) in [5.74, 6) is -2.73. The Kier molecular flexibility index (Phi) is 5.32. The van der Waals surface area contributed by atoms with Gasteiger partial charge in [0, 0.05) is 6.61 Å². The maximum absolute atomic E-state index is 12.6. The monoisotopic (exact) mass is 167 g/mol. The second kappa shape index (κ2) is 5.43. The van der Waals surface area contributed by atoms with Crippen LogP contribution in [0, 0.1) is 0 Å². The van der Waals surface area contributed by atoms with Crippen molar-refractivity contribution in [2.24, 2.45) is 0 Å². The van der Waals surface area contributed by atoms with E-state index in [-0.39, 0.29) is 6.54 Å². The van der Waals surface area contributed by atoms with Crippen LogP contribution in [0.4, 0.5) is 8.78 Å². The summed E-state index contributed by atoms with van der Waals surface area (Å²) in [4.78, 5) is 0. The van der Waals surface area contributed by atoms with Crippen molar-refractivity contribution in [3.05, 3.63) is 0 Å². The molecule has 0 aliphatic heterocycles. The molecule has 0 unspecified atom stereocenters. The van der Waals surface area contributed by atoms with Crippen LogP contribution in [0.1, 0.15) is 13.8 Å². The highest BCUT2D eigenvalue weighted by Gasteiger charge is 2.27. The molecule has 0 saturated heterocycles. The Labute approximate surface area is 65.9 Å². The Balaban J connectivity index is 3.43. The van der Waals surface area contributed by atoms with Gasteiger partial charge in [-0.25, -0.2) is 8.78 Å². The van der Waals surface area contributed by atoms with Gasteiger partial charge in [-0.05, 0) is 13.5 Å². The summed E-state index contributed by atoms with van der Waals surface area (Å²) in [6, 6.07) is 0. The standard InChI is InChI=1S/C7H15F2NO/c1-3-10-5-7(8,9)6-11-4-2/h10H,3-6H2,1-2H3. The second-order valence-electron chi connectivity index (χ2n) is 2.27. The molecule has 11 heavy (non-hydrogen) atoms. The third-order valence-electron chi connectivity index (χ3n) is 1.15. The maximum atomic E-state index is 12.6. The van der Waals surface area contributed by atoms with Gasteiger partial charge in [0.1, 0.15) is 6.61 Å². The molecular weight excluding hydrogens is 152 g/mol. The summed E-state index contributed by atoms with van der Waals surface area (Å²) in [5, 5.41) is 2.57. The number of hydrogen-bond donors (Lipinski definition) is 1. The zero-order valence-corrected chi connectivity index (χ0v) is 6.99. The molecule has 0 spiro atoms. The van der Waals surface area contributed by atoms with Crippen LogP contribution in [0.15, 0.2) is 0 Å². The minimum Gasteiger partial charge on any atom is -0.375 e. The zero-order chi connectivity index (χ0) is 8.74. The van der Waals surface area contributed by atoms with Gasteiger partial charge in [0.15, 0.2) is 0 Å². The summed E-state index contributed by atoms with van der Waals surface area (Å²) < 4.78 is 29.8. The van der Waals surface area contributed by atoms with Crippen molar-refractivity contribution in [3.8, 4) is 0 Å². The lowest BCUT2D eigenvalue weighted by atomic mass is 10.3. The van der Waals surface area contributed by atoms with Crippen LogP contribution in [0.5, 0.6) is 0 Å². The Morgan fingerprint density at radius 1 is 1.36 bits per heavy atom. The number of halogens is 2. The van der Waals surface area contributed by atoms with Gasteiger partial charge in [0.05, 0.1) is 6.54 Å². The predicted molar refractivity (Wildman–Crippen MR) is 40.0 cm³/mol. The molecule has 4 heteroatoms. The first-order chi connectivity index (χ1) is 5.12. The average Bonchev–Trinajstić information content (AvgIpc) is 1.97. The smallest absolute Gasteiger partial charge is 0.283 e. The second-order valence-corrected chi connectivity index (χ2v) is 2.27.